The van der Waals surface area contributed by atoms with Gasteiger partial charge in [-0.15, -0.1) is 0 Å². The summed E-state index contributed by atoms with van der Waals surface area (Å²) in [6, 6.07) is 3.06. The Balaban J connectivity index is 1.94. The van der Waals surface area contributed by atoms with Crippen LogP contribution >= 0.6 is 11.6 Å². The molecule has 0 saturated heterocycles. The second-order valence-electron chi connectivity index (χ2n) is 4.97. The van der Waals surface area contributed by atoms with Gasteiger partial charge in [-0.1, -0.05) is 18.0 Å². The standard InChI is InChI=1S/C13H15ClN2O3/c14-10-6-9(2-5-15-10)12(19)16-8-13(3-1-4-13)7-11(17)18/h2,5-6H,1,3-4,7-8H2,(H,16,19)(H,17,18). The first-order valence-corrected chi connectivity index (χ1v) is 6.50. The normalized spacial score (nSPS) is 16.5. The number of pyridine rings is 1. The summed E-state index contributed by atoms with van der Waals surface area (Å²) in [4.78, 5) is 26.6. The van der Waals surface area contributed by atoms with Crippen LogP contribution in [0.1, 0.15) is 36.0 Å². The molecule has 1 aromatic heterocycles. The van der Waals surface area contributed by atoms with E-state index in [1.165, 1.54) is 12.3 Å². The molecule has 1 aliphatic carbocycles. The van der Waals surface area contributed by atoms with E-state index >= 15 is 0 Å². The quantitative estimate of drug-likeness (QED) is 0.811. The zero-order valence-corrected chi connectivity index (χ0v) is 11.1. The zero-order valence-electron chi connectivity index (χ0n) is 10.4. The Bertz CT molecular complexity index is 500. The van der Waals surface area contributed by atoms with Crippen LogP contribution in [0.3, 0.4) is 0 Å². The molecular formula is C13H15ClN2O3. The number of hydrogen-bond donors (Lipinski definition) is 2. The molecule has 1 saturated carbocycles. The van der Waals surface area contributed by atoms with Crippen molar-refractivity contribution in [2.45, 2.75) is 25.7 Å². The summed E-state index contributed by atoms with van der Waals surface area (Å²) >= 11 is 5.72. The highest BCUT2D eigenvalue weighted by atomic mass is 35.5. The number of aromatic nitrogens is 1. The van der Waals surface area contributed by atoms with Crippen LogP contribution in [0.4, 0.5) is 0 Å². The number of nitrogens with zero attached hydrogens (tertiary/aromatic N) is 1. The van der Waals surface area contributed by atoms with Crippen molar-refractivity contribution in [2.24, 2.45) is 5.41 Å². The molecule has 1 fully saturated rings. The monoisotopic (exact) mass is 282 g/mol. The summed E-state index contributed by atoms with van der Waals surface area (Å²) in [5.41, 5.74) is 0.156. The van der Waals surface area contributed by atoms with E-state index in [4.69, 9.17) is 16.7 Å². The second-order valence-corrected chi connectivity index (χ2v) is 5.36. The molecule has 0 aliphatic heterocycles. The van der Waals surface area contributed by atoms with Crippen LogP contribution in [0.15, 0.2) is 18.3 Å². The summed E-state index contributed by atoms with van der Waals surface area (Å²) in [6.07, 6.45) is 4.27. The highest BCUT2D eigenvalue weighted by Gasteiger charge is 2.39. The van der Waals surface area contributed by atoms with Crippen LogP contribution in [0.25, 0.3) is 0 Å². The van der Waals surface area contributed by atoms with Crippen molar-refractivity contribution in [3.63, 3.8) is 0 Å². The van der Waals surface area contributed by atoms with Crippen molar-refractivity contribution < 1.29 is 14.7 Å². The molecule has 1 aromatic rings. The van der Waals surface area contributed by atoms with Gasteiger partial charge in [-0.2, -0.15) is 0 Å². The predicted molar refractivity (Wildman–Crippen MR) is 70.1 cm³/mol. The molecule has 0 atom stereocenters. The van der Waals surface area contributed by atoms with Crippen LogP contribution < -0.4 is 5.32 Å². The molecule has 0 spiro atoms. The number of carbonyl (C=O) groups is 2. The number of carboxylic acids is 1. The van der Waals surface area contributed by atoms with Crippen LogP contribution in [-0.2, 0) is 4.79 Å². The van der Waals surface area contributed by atoms with E-state index in [1.807, 2.05) is 0 Å². The topological polar surface area (TPSA) is 79.3 Å². The highest BCUT2D eigenvalue weighted by Crippen LogP contribution is 2.43. The molecule has 0 aromatic carbocycles. The van der Waals surface area contributed by atoms with Gasteiger partial charge in [0.1, 0.15) is 5.15 Å². The van der Waals surface area contributed by atoms with Crippen molar-refractivity contribution in [3.05, 3.63) is 29.0 Å². The Morgan fingerprint density at radius 3 is 2.74 bits per heavy atom. The third-order valence-corrected chi connectivity index (χ3v) is 3.76. The third kappa shape index (κ3) is 3.44. The molecule has 2 N–H and O–H groups in total. The Labute approximate surface area is 116 Å². The van der Waals surface area contributed by atoms with Crippen molar-refractivity contribution in [1.82, 2.24) is 10.3 Å². The third-order valence-electron chi connectivity index (χ3n) is 3.55. The van der Waals surface area contributed by atoms with Crippen LogP contribution in [0, 0.1) is 5.41 Å². The Kier molecular flexibility index (Phi) is 4.04. The lowest BCUT2D eigenvalue weighted by molar-refractivity contribution is -0.141. The fourth-order valence-electron chi connectivity index (χ4n) is 2.33. The van der Waals surface area contributed by atoms with Gasteiger partial charge in [0.05, 0.1) is 6.42 Å². The summed E-state index contributed by atoms with van der Waals surface area (Å²) < 4.78 is 0. The van der Waals surface area contributed by atoms with Crippen LogP contribution in [-0.4, -0.2) is 28.5 Å². The lowest BCUT2D eigenvalue weighted by atomic mass is 9.66. The smallest absolute Gasteiger partial charge is 0.303 e. The predicted octanol–water partition coefficient (Wildman–Crippen LogP) is 2.11. The van der Waals surface area contributed by atoms with Gasteiger partial charge >= 0.3 is 5.97 Å². The SMILES string of the molecule is O=C(O)CC1(CNC(=O)c2ccnc(Cl)c2)CCC1. The Hall–Kier alpha value is -1.62. The van der Waals surface area contributed by atoms with E-state index in [-0.39, 0.29) is 22.9 Å². The molecule has 6 heteroatoms. The number of carbonyl (C=O) groups excluding carboxylic acids is 1. The minimum absolute atomic E-state index is 0.102. The molecule has 1 amide bonds. The molecule has 102 valence electrons. The number of carboxylic acid groups (broad SMARTS) is 1. The van der Waals surface area contributed by atoms with Crippen LogP contribution in [0.5, 0.6) is 0 Å². The Morgan fingerprint density at radius 1 is 1.47 bits per heavy atom. The van der Waals surface area contributed by atoms with Gasteiger partial charge in [0.15, 0.2) is 0 Å². The molecule has 5 nitrogen and oxygen atoms in total. The summed E-state index contributed by atoms with van der Waals surface area (Å²) in [5.74, 6) is -1.07. The van der Waals surface area contributed by atoms with E-state index < -0.39 is 5.97 Å². The number of halogens is 1. The van der Waals surface area contributed by atoms with Crippen LogP contribution in [0.2, 0.25) is 5.15 Å². The molecule has 0 radical (unpaired) electrons. The Morgan fingerprint density at radius 2 is 2.21 bits per heavy atom. The molecule has 19 heavy (non-hydrogen) atoms. The van der Waals surface area contributed by atoms with E-state index in [9.17, 15) is 9.59 Å². The first-order chi connectivity index (χ1) is 9.01. The fraction of sp³-hybridized carbons (Fsp3) is 0.462. The maximum absolute atomic E-state index is 11.9. The molecule has 1 aliphatic rings. The van der Waals surface area contributed by atoms with Gasteiger partial charge in [-0.3, -0.25) is 9.59 Å². The number of nitrogens with one attached hydrogen (secondary N) is 1. The molecule has 1 heterocycles. The minimum atomic E-state index is -0.819. The number of hydrogen-bond acceptors (Lipinski definition) is 3. The average molecular weight is 283 g/mol. The fourth-order valence-corrected chi connectivity index (χ4v) is 2.50. The largest absolute Gasteiger partial charge is 0.481 e. The van der Waals surface area contributed by atoms with E-state index in [2.05, 4.69) is 10.3 Å². The molecule has 0 bridgehead atoms. The van der Waals surface area contributed by atoms with Crippen molar-refractivity contribution in [2.75, 3.05) is 6.54 Å². The summed E-state index contributed by atoms with van der Waals surface area (Å²) in [6.45, 7) is 0.387. The number of amides is 1. The van der Waals surface area contributed by atoms with Gasteiger partial charge in [0.2, 0.25) is 0 Å². The highest BCUT2D eigenvalue weighted by molar-refractivity contribution is 6.29. The van der Waals surface area contributed by atoms with Gasteiger partial charge in [-0.05, 0) is 30.4 Å². The molecular weight excluding hydrogens is 268 g/mol. The summed E-state index contributed by atoms with van der Waals surface area (Å²) in [5, 5.41) is 11.9. The lowest BCUT2D eigenvalue weighted by Crippen LogP contribution is -2.43. The van der Waals surface area contributed by atoms with Crippen molar-refractivity contribution in [1.29, 1.82) is 0 Å². The minimum Gasteiger partial charge on any atom is -0.481 e. The average Bonchev–Trinajstić information content (AvgIpc) is 2.31. The van der Waals surface area contributed by atoms with Gasteiger partial charge in [0, 0.05) is 18.3 Å². The van der Waals surface area contributed by atoms with Gasteiger partial charge in [-0.25, -0.2) is 4.98 Å². The van der Waals surface area contributed by atoms with Crippen molar-refractivity contribution >= 4 is 23.5 Å². The zero-order chi connectivity index (χ0) is 13.9. The summed E-state index contributed by atoms with van der Waals surface area (Å²) in [7, 11) is 0. The lowest BCUT2D eigenvalue weighted by Gasteiger charge is -2.40. The van der Waals surface area contributed by atoms with E-state index in [0.717, 1.165) is 19.3 Å². The van der Waals surface area contributed by atoms with E-state index in [0.29, 0.717) is 12.1 Å². The van der Waals surface area contributed by atoms with Crippen molar-refractivity contribution in [3.8, 4) is 0 Å². The van der Waals surface area contributed by atoms with Gasteiger partial charge in [0.25, 0.3) is 5.91 Å². The maximum atomic E-state index is 11.9. The van der Waals surface area contributed by atoms with E-state index in [1.54, 1.807) is 6.07 Å². The molecule has 2 rings (SSSR count). The second kappa shape index (κ2) is 5.57. The first-order valence-electron chi connectivity index (χ1n) is 6.12. The first kappa shape index (κ1) is 13.8. The number of rotatable bonds is 5. The van der Waals surface area contributed by atoms with Gasteiger partial charge < -0.3 is 10.4 Å². The maximum Gasteiger partial charge on any atom is 0.303 e. The molecule has 0 unspecified atom stereocenters. The number of aliphatic carboxylic acids is 1.